The number of halogens is 1. The molecule has 0 unspecified atom stereocenters. The molecule has 8 nitrogen and oxygen atoms in total. The van der Waals surface area contributed by atoms with E-state index in [-0.39, 0.29) is 11.6 Å². The molecule has 102 valence electrons. The molecule has 5 N–H and O–H groups in total. The number of nitrogen functional groups attached to an aromatic ring is 1. The number of nitrogens with one attached hydrogen (secondary N) is 1. The van der Waals surface area contributed by atoms with Gasteiger partial charge in [0.25, 0.3) is 0 Å². The van der Waals surface area contributed by atoms with Crippen LogP contribution in [0.4, 0.5) is 10.2 Å². The van der Waals surface area contributed by atoms with Crippen molar-refractivity contribution in [3.05, 3.63) is 12.2 Å². The van der Waals surface area contributed by atoms with Crippen molar-refractivity contribution in [2.45, 2.75) is 24.5 Å². The van der Waals surface area contributed by atoms with Gasteiger partial charge in [-0.25, -0.2) is 19.3 Å². The fraction of sp³-hybridized carbons (Fsp3) is 0.500. The predicted octanol–water partition coefficient (Wildman–Crippen LogP) is -0.934. The molecule has 2 aromatic heterocycles. The third-order valence-corrected chi connectivity index (χ3v) is 3.08. The van der Waals surface area contributed by atoms with E-state index in [1.54, 1.807) is 0 Å². The number of aliphatic hydroxyl groups excluding tert-OH is 2. The molecule has 19 heavy (non-hydrogen) atoms. The van der Waals surface area contributed by atoms with E-state index in [0.717, 1.165) is 0 Å². The van der Waals surface area contributed by atoms with Crippen LogP contribution in [0.15, 0.2) is 6.33 Å². The van der Waals surface area contributed by atoms with Gasteiger partial charge in [0, 0.05) is 0 Å². The molecule has 0 aromatic carbocycles. The van der Waals surface area contributed by atoms with Crippen LogP contribution in [0.25, 0.3) is 11.2 Å². The number of hydrogen-bond donors (Lipinski definition) is 4. The van der Waals surface area contributed by atoms with Crippen LogP contribution in [-0.2, 0) is 4.74 Å². The van der Waals surface area contributed by atoms with Crippen molar-refractivity contribution >= 4 is 17.0 Å². The maximum Gasteiger partial charge on any atom is 0.183 e. The number of nitrogens with two attached hydrogens (primary N) is 1. The van der Waals surface area contributed by atoms with Gasteiger partial charge < -0.3 is 25.7 Å². The summed E-state index contributed by atoms with van der Waals surface area (Å²) < 4.78 is 19.1. The Bertz CT molecular complexity index is 606. The molecule has 0 bridgehead atoms. The van der Waals surface area contributed by atoms with Gasteiger partial charge in [0.15, 0.2) is 29.6 Å². The van der Waals surface area contributed by atoms with E-state index in [0.29, 0.717) is 11.2 Å². The smallest absolute Gasteiger partial charge is 0.183 e. The molecule has 0 saturated carbocycles. The van der Waals surface area contributed by atoms with Crippen molar-refractivity contribution < 1.29 is 19.3 Å². The number of alkyl halides is 1. The van der Waals surface area contributed by atoms with Crippen LogP contribution < -0.4 is 5.73 Å². The normalized spacial score (nSPS) is 31.1. The fourth-order valence-corrected chi connectivity index (χ4v) is 2.08. The number of aromatic amines is 1. The SMILES string of the molecule is Nc1nc([C@@H]2O[C@H](CO)[C@@H](O)[C@@H]2F)nc2nc[nH]c12. The maximum absolute atomic E-state index is 13.9. The summed E-state index contributed by atoms with van der Waals surface area (Å²) in [4.78, 5) is 14.7. The summed E-state index contributed by atoms with van der Waals surface area (Å²) in [6.07, 6.45) is -3.93. The fourth-order valence-electron chi connectivity index (χ4n) is 2.08. The molecule has 1 aliphatic rings. The van der Waals surface area contributed by atoms with Crippen LogP contribution in [0.2, 0.25) is 0 Å². The Morgan fingerprint density at radius 3 is 2.95 bits per heavy atom. The Balaban J connectivity index is 2.00. The number of aromatic nitrogens is 4. The average molecular weight is 269 g/mol. The zero-order valence-corrected chi connectivity index (χ0v) is 9.69. The lowest BCUT2D eigenvalue weighted by molar-refractivity contribution is -0.0247. The second-order valence-corrected chi connectivity index (χ2v) is 4.28. The molecule has 4 atom stereocenters. The first-order valence-corrected chi connectivity index (χ1v) is 5.66. The quantitative estimate of drug-likeness (QED) is 0.553. The third-order valence-electron chi connectivity index (χ3n) is 3.08. The summed E-state index contributed by atoms with van der Waals surface area (Å²) in [6.45, 7) is -0.488. The minimum absolute atomic E-state index is 0.000370. The van der Waals surface area contributed by atoms with E-state index in [9.17, 15) is 9.50 Å². The summed E-state index contributed by atoms with van der Waals surface area (Å²) in [7, 11) is 0. The molecule has 3 rings (SSSR count). The second kappa shape index (κ2) is 4.37. The highest BCUT2D eigenvalue weighted by Crippen LogP contribution is 2.34. The Morgan fingerprint density at radius 1 is 1.47 bits per heavy atom. The van der Waals surface area contributed by atoms with Gasteiger partial charge in [-0.2, -0.15) is 0 Å². The van der Waals surface area contributed by atoms with E-state index < -0.39 is 31.1 Å². The number of rotatable bonds is 2. The molecule has 9 heteroatoms. The number of imidazole rings is 1. The van der Waals surface area contributed by atoms with Crippen LogP contribution in [0.1, 0.15) is 11.9 Å². The molecule has 0 aliphatic carbocycles. The molecule has 1 saturated heterocycles. The first-order valence-electron chi connectivity index (χ1n) is 5.66. The maximum atomic E-state index is 13.9. The number of aliphatic hydroxyl groups is 2. The Morgan fingerprint density at radius 2 is 2.26 bits per heavy atom. The van der Waals surface area contributed by atoms with E-state index in [1.165, 1.54) is 6.33 Å². The summed E-state index contributed by atoms with van der Waals surface area (Å²) in [5, 5.41) is 18.5. The standard InChI is InChI=1S/C10H12FN5O3/c11-4-6(18)3(1-17)19-7(4)10-15-8(12)5-9(16-10)14-2-13-5/h2-4,6-7,17-18H,1H2,(H3,12,13,14,15,16)/t3-,4+,6-,7-/m1/s1. The molecule has 1 aliphatic heterocycles. The minimum atomic E-state index is -1.73. The highest BCUT2D eigenvalue weighted by molar-refractivity contribution is 5.80. The Labute approximate surface area is 106 Å². The van der Waals surface area contributed by atoms with Gasteiger partial charge in [-0.1, -0.05) is 0 Å². The van der Waals surface area contributed by atoms with Crippen LogP contribution in [-0.4, -0.2) is 55.1 Å². The second-order valence-electron chi connectivity index (χ2n) is 4.28. The van der Waals surface area contributed by atoms with Crippen molar-refractivity contribution in [2.75, 3.05) is 12.3 Å². The lowest BCUT2D eigenvalue weighted by Crippen LogP contribution is -2.30. The summed E-state index contributed by atoms with van der Waals surface area (Å²) in [5.41, 5.74) is 6.45. The third kappa shape index (κ3) is 1.82. The van der Waals surface area contributed by atoms with Crippen molar-refractivity contribution in [1.82, 2.24) is 19.9 Å². The molecule has 0 radical (unpaired) electrons. The van der Waals surface area contributed by atoms with Gasteiger partial charge >= 0.3 is 0 Å². The van der Waals surface area contributed by atoms with E-state index in [4.69, 9.17) is 15.6 Å². The van der Waals surface area contributed by atoms with Gasteiger partial charge in [-0.05, 0) is 0 Å². The van der Waals surface area contributed by atoms with Gasteiger partial charge in [0.1, 0.15) is 17.7 Å². The molecular weight excluding hydrogens is 257 g/mol. The van der Waals surface area contributed by atoms with Gasteiger partial charge in [0.2, 0.25) is 0 Å². The molecule has 2 aromatic rings. The van der Waals surface area contributed by atoms with Gasteiger partial charge in [-0.3, -0.25) is 0 Å². The van der Waals surface area contributed by atoms with Crippen LogP contribution in [0, 0.1) is 0 Å². The molecular formula is C10H12FN5O3. The highest BCUT2D eigenvalue weighted by atomic mass is 19.1. The lowest BCUT2D eigenvalue weighted by atomic mass is 10.1. The van der Waals surface area contributed by atoms with E-state index in [2.05, 4.69) is 19.9 Å². The van der Waals surface area contributed by atoms with Gasteiger partial charge in [-0.15, -0.1) is 0 Å². The average Bonchev–Trinajstić information content (AvgIpc) is 2.96. The van der Waals surface area contributed by atoms with Gasteiger partial charge in [0.05, 0.1) is 12.9 Å². The van der Waals surface area contributed by atoms with Crippen LogP contribution >= 0.6 is 0 Å². The van der Waals surface area contributed by atoms with Crippen molar-refractivity contribution in [2.24, 2.45) is 0 Å². The number of hydrogen-bond acceptors (Lipinski definition) is 7. The summed E-state index contributed by atoms with van der Waals surface area (Å²) in [6, 6.07) is 0. The van der Waals surface area contributed by atoms with Crippen molar-refractivity contribution in [3.63, 3.8) is 0 Å². The number of fused-ring (bicyclic) bond motifs is 1. The zero-order valence-electron chi connectivity index (χ0n) is 9.69. The van der Waals surface area contributed by atoms with Crippen LogP contribution in [0.3, 0.4) is 0 Å². The first-order chi connectivity index (χ1) is 9.11. The van der Waals surface area contributed by atoms with Crippen molar-refractivity contribution in [1.29, 1.82) is 0 Å². The minimum Gasteiger partial charge on any atom is -0.394 e. The van der Waals surface area contributed by atoms with Crippen LogP contribution in [0.5, 0.6) is 0 Å². The number of H-pyrrole nitrogens is 1. The predicted molar refractivity (Wildman–Crippen MR) is 61.7 cm³/mol. The molecule has 0 spiro atoms. The molecule has 0 amide bonds. The summed E-state index contributed by atoms with van der Waals surface area (Å²) >= 11 is 0. The van der Waals surface area contributed by atoms with E-state index >= 15 is 0 Å². The zero-order chi connectivity index (χ0) is 13.6. The topological polar surface area (TPSA) is 130 Å². The lowest BCUT2D eigenvalue weighted by Gasteiger charge is -2.11. The summed E-state index contributed by atoms with van der Waals surface area (Å²) in [5.74, 6) is 0.120. The highest BCUT2D eigenvalue weighted by Gasteiger charge is 2.46. The largest absolute Gasteiger partial charge is 0.394 e. The number of anilines is 1. The first kappa shape index (κ1) is 12.2. The Kier molecular flexibility index (Phi) is 2.81. The van der Waals surface area contributed by atoms with Crippen molar-refractivity contribution in [3.8, 4) is 0 Å². The number of ether oxygens (including phenoxy) is 1. The molecule has 1 fully saturated rings. The molecule has 3 heterocycles. The number of nitrogens with zero attached hydrogens (tertiary/aromatic N) is 3. The van der Waals surface area contributed by atoms with E-state index in [1.807, 2.05) is 0 Å². The monoisotopic (exact) mass is 269 g/mol. The Hall–Kier alpha value is -1.84.